The maximum atomic E-state index is 5.69. The van der Waals surface area contributed by atoms with Crippen molar-refractivity contribution in [1.82, 2.24) is 4.90 Å². The highest BCUT2D eigenvalue weighted by molar-refractivity contribution is 4.84. The Morgan fingerprint density at radius 2 is 2.14 bits per heavy atom. The Bertz CT molecular complexity index is 154. The lowest BCUT2D eigenvalue weighted by Gasteiger charge is -2.19. The Kier molecular flexibility index (Phi) is 4.90. The monoisotopic (exact) mass is 198 g/mol. The van der Waals surface area contributed by atoms with Crippen molar-refractivity contribution in [3.63, 3.8) is 0 Å². The van der Waals surface area contributed by atoms with Crippen molar-refractivity contribution >= 4 is 0 Å². The lowest BCUT2D eigenvalue weighted by atomic mass is 10.0. The van der Waals surface area contributed by atoms with Crippen molar-refractivity contribution in [2.75, 3.05) is 26.7 Å². The van der Waals surface area contributed by atoms with Crippen LogP contribution >= 0.6 is 0 Å². The van der Waals surface area contributed by atoms with Crippen molar-refractivity contribution in [2.24, 2.45) is 23.5 Å². The Balaban J connectivity index is 2.04. The van der Waals surface area contributed by atoms with Crippen LogP contribution in [0.15, 0.2) is 0 Å². The van der Waals surface area contributed by atoms with Crippen LogP contribution in [0.3, 0.4) is 0 Å². The third-order valence-electron chi connectivity index (χ3n) is 3.65. The van der Waals surface area contributed by atoms with Crippen LogP contribution in [0, 0.1) is 17.8 Å². The van der Waals surface area contributed by atoms with E-state index in [1.165, 1.54) is 32.4 Å². The summed E-state index contributed by atoms with van der Waals surface area (Å²) >= 11 is 0. The lowest BCUT2D eigenvalue weighted by molar-refractivity contribution is 0.284. The van der Waals surface area contributed by atoms with Crippen LogP contribution in [0.1, 0.15) is 33.1 Å². The summed E-state index contributed by atoms with van der Waals surface area (Å²) in [5.74, 6) is 2.70. The van der Waals surface area contributed by atoms with E-state index in [2.05, 4.69) is 25.8 Å². The first-order valence-corrected chi connectivity index (χ1v) is 6.06. The smallest absolute Gasteiger partial charge is 0.000926 e. The van der Waals surface area contributed by atoms with Crippen LogP contribution in [0.2, 0.25) is 0 Å². The molecule has 0 radical (unpaired) electrons. The standard InChI is InChI=1S/C12H26N2/c1-4-11(8-13)5-6-14(3)9-12-7-10(12)2/h10-12H,4-9,13H2,1-3H3. The molecule has 2 nitrogen and oxygen atoms in total. The summed E-state index contributed by atoms with van der Waals surface area (Å²) < 4.78 is 0. The number of nitrogens with zero attached hydrogens (tertiary/aromatic N) is 1. The lowest BCUT2D eigenvalue weighted by Crippen LogP contribution is -2.26. The van der Waals surface area contributed by atoms with Gasteiger partial charge in [-0.15, -0.1) is 0 Å². The van der Waals surface area contributed by atoms with E-state index in [4.69, 9.17) is 5.73 Å². The quantitative estimate of drug-likeness (QED) is 0.677. The summed E-state index contributed by atoms with van der Waals surface area (Å²) in [5.41, 5.74) is 5.69. The molecular formula is C12H26N2. The second-order valence-corrected chi connectivity index (χ2v) is 5.03. The highest BCUT2D eigenvalue weighted by atomic mass is 15.1. The zero-order chi connectivity index (χ0) is 10.6. The minimum absolute atomic E-state index is 0.731. The molecule has 0 aromatic rings. The Hall–Kier alpha value is -0.0800. The van der Waals surface area contributed by atoms with Gasteiger partial charge in [-0.2, -0.15) is 0 Å². The van der Waals surface area contributed by atoms with Crippen LogP contribution in [-0.4, -0.2) is 31.6 Å². The van der Waals surface area contributed by atoms with Crippen molar-refractivity contribution in [3.8, 4) is 0 Å². The third-order valence-corrected chi connectivity index (χ3v) is 3.65. The fraction of sp³-hybridized carbons (Fsp3) is 1.00. The van der Waals surface area contributed by atoms with Gasteiger partial charge in [0.1, 0.15) is 0 Å². The summed E-state index contributed by atoms with van der Waals surface area (Å²) in [5, 5.41) is 0. The first-order valence-electron chi connectivity index (χ1n) is 6.06. The molecule has 0 saturated heterocycles. The molecule has 0 amide bonds. The molecule has 84 valence electrons. The van der Waals surface area contributed by atoms with E-state index in [9.17, 15) is 0 Å². The minimum atomic E-state index is 0.731. The summed E-state index contributed by atoms with van der Waals surface area (Å²) in [6, 6.07) is 0. The summed E-state index contributed by atoms with van der Waals surface area (Å²) in [6.07, 6.45) is 3.94. The van der Waals surface area contributed by atoms with Gasteiger partial charge in [0.25, 0.3) is 0 Å². The van der Waals surface area contributed by atoms with Gasteiger partial charge in [-0.1, -0.05) is 20.3 Å². The number of rotatable bonds is 7. The topological polar surface area (TPSA) is 29.3 Å². The highest BCUT2D eigenvalue weighted by Gasteiger charge is 2.32. The van der Waals surface area contributed by atoms with Crippen molar-refractivity contribution in [1.29, 1.82) is 0 Å². The van der Waals surface area contributed by atoms with Gasteiger partial charge >= 0.3 is 0 Å². The van der Waals surface area contributed by atoms with Gasteiger partial charge in [-0.25, -0.2) is 0 Å². The normalized spacial score (nSPS) is 28.1. The first kappa shape index (κ1) is 12.0. The maximum absolute atomic E-state index is 5.69. The fourth-order valence-corrected chi connectivity index (χ4v) is 2.04. The molecule has 2 N–H and O–H groups in total. The molecule has 2 heteroatoms. The van der Waals surface area contributed by atoms with E-state index in [1.807, 2.05) is 0 Å². The zero-order valence-electron chi connectivity index (χ0n) is 10.00. The Morgan fingerprint density at radius 3 is 2.57 bits per heavy atom. The molecule has 0 heterocycles. The van der Waals surface area contributed by atoms with Crippen LogP contribution in [0.4, 0.5) is 0 Å². The van der Waals surface area contributed by atoms with Crippen molar-refractivity contribution < 1.29 is 0 Å². The average molecular weight is 198 g/mol. The molecule has 0 aromatic carbocycles. The van der Waals surface area contributed by atoms with E-state index < -0.39 is 0 Å². The molecule has 0 aliphatic heterocycles. The van der Waals surface area contributed by atoms with Crippen LogP contribution < -0.4 is 5.73 Å². The van der Waals surface area contributed by atoms with Crippen molar-refractivity contribution in [2.45, 2.75) is 33.1 Å². The molecule has 1 aliphatic rings. The molecular weight excluding hydrogens is 172 g/mol. The zero-order valence-corrected chi connectivity index (χ0v) is 10.00. The highest BCUT2D eigenvalue weighted by Crippen LogP contribution is 2.37. The fourth-order valence-electron chi connectivity index (χ4n) is 2.04. The molecule has 3 atom stereocenters. The summed E-state index contributed by atoms with van der Waals surface area (Å²) in [6.45, 7) is 7.96. The van der Waals surface area contributed by atoms with Gasteiger partial charge in [0, 0.05) is 6.54 Å². The van der Waals surface area contributed by atoms with E-state index in [-0.39, 0.29) is 0 Å². The molecule has 1 aliphatic carbocycles. The van der Waals surface area contributed by atoms with E-state index in [0.29, 0.717) is 0 Å². The third kappa shape index (κ3) is 3.97. The van der Waals surface area contributed by atoms with Crippen LogP contribution in [0.25, 0.3) is 0 Å². The number of hydrogen-bond donors (Lipinski definition) is 1. The molecule has 3 unspecified atom stereocenters. The van der Waals surface area contributed by atoms with Gasteiger partial charge < -0.3 is 10.6 Å². The molecule has 0 spiro atoms. The maximum Gasteiger partial charge on any atom is 0.000926 e. The van der Waals surface area contributed by atoms with Gasteiger partial charge in [0.2, 0.25) is 0 Å². The Labute approximate surface area is 88.8 Å². The SMILES string of the molecule is CCC(CN)CCN(C)CC1CC1C. The Morgan fingerprint density at radius 1 is 1.50 bits per heavy atom. The predicted molar refractivity (Wildman–Crippen MR) is 62.2 cm³/mol. The summed E-state index contributed by atoms with van der Waals surface area (Å²) in [4.78, 5) is 2.48. The minimum Gasteiger partial charge on any atom is -0.330 e. The molecule has 1 fully saturated rings. The van der Waals surface area contributed by atoms with Crippen LogP contribution in [0.5, 0.6) is 0 Å². The second-order valence-electron chi connectivity index (χ2n) is 5.03. The second kappa shape index (κ2) is 5.72. The molecule has 1 saturated carbocycles. The molecule has 1 rings (SSSR count). The van der Waals surface area contributed by atoms with E-state index >= 15 is 0 Å². The van der Waals surface area contributed by atoms with Gasteiger partial charge in [-0.05, 0) is 50.7 Å². The van der Waals surface area contributed by atoms with E-state index in [0.717, 1.165) is 24.3 Å². The first-order chi connectivity index (χ1) is 6.67. The number of nitrogens with two attached hydrogens (primary N) is 1. The van der Waals surface area contributed by atoms with Crippen molar-refractivity contribution in [3.05, 3.63) is 0 Å². The van der Waals surface area contributed by atoms with Gasteiger partial charge in [0.15, 0.2) is 0 Å². The average Bonchev–Trinajstić information content (AvgIpc) is 2.83. The van der Waals surface area contributed by atoms with E-state index in [1.54, 1.807) is 0 Å². The molecule has 0 bridgehead atoms. The summed E-state index contributed by atoms with van der Waals surface area (Å²) in [7, 11) is 2.24. The predicted octanol–water partition coefficient (Wildman–Crippen LogP) is 1.95. The van der Waals surface area contributed by atoms with Gasteiger partial charge in [0.05, 0.1) is 0 Å². The van der Waals surface area contributed by atoms with Crippen LogP contribution in [-0.2, 0) is 0 Å². The largest absolute Gasteiger partial charge is 0.330 e. The molecule has 0 aromatic heterocycles. The molecule has 14 heavy (non-hydrogen) atoms. The van der Waals surface area contributed by atoms with Gasteiger partial charge in [-0.3, -0.25) is 0 Å². The number of hydrogen-bond acceptors (Lipinski definition) is 2.